The molecule has 1 N–H and O–H groups in total. The number of esters is 1. The van der Waals surface area contributed by atoms with Crippen LogP contribution in [-0.4, -0.2) is 57.6 Å². The van der Waals surface area contributed by atoms with Crippen LogP contribution in [-0.2, 0) is 16.1 Å². The number of aromatic nitrogens is 4. The van der Waals surface area contributed by atoms with Crippen molar-refractivity contribution in [2.45, 2.75) is 38.8 Å². The number of rotatable bonds is 5. The molecule has 1 saturated heterocycles. The van der Waals surface area contributed by atoms with E-state index in [4.69, 9.17) is 4.74 Å². The number of methoxy groups -OCH3 is 1. The van der Waals surface area contributed by atoms with E-state index in [9.17, 15) is 9.59 Å². The van der Waals surface area contributed by atoms with Crippen LogP contribution in [0.3, 0.4) is 0 Å². The molecule has 0 spiro atoms. The lowest BCUT2D eigenvalue weighted by Crippen LogP contribution is -2.43. The molecule has 0 bridgehead atoms. The van der Waals surface area contributed by atoms with E-state index in [1.165, 1.54) is 13.4 Å². The molecule has 1 aliphatic heterocycles. The number of imidazole rings is 1. The Morgan fingerprint density at radius 2 is 2.15 bits per heavy atom. The Hall–Kier alpha value is -2.55. The minimum absolute atomic E-state index is 0.0366. The molecule has 0 aromatic carbocycles. The number of carbonyl (C=O) groups is 2. The van der Waals surface area contributed by atoms with Crippen LogP contribution < -0.4 is 10.2 Å². The average Bonchev–Trinajstić information content (AvgIpc) is 3.24. The van der Waals surface area contributed by atoms with Crippen molar-refractivity contribution in [2.24, 2.45) is 5.92 Å². The molecule has 26 heavy (non-hydrogen) atoms. The molecule has 2 aromatic heterocycles. The third-order valence-corrected chi connectivity index (χ3v) is 4.99. The molecular formula is C17H22N6O3. The topological polar surface area (TPSA) is 102 Å². The molecule has 1 atom stereocenters. The van der Waals surface area contributed by atoms with Crippen LogP contribution in [0, 0.1) is 5.92 Å². The Morgan fingerprint density at radius 3 is 2.77 bits per heavy atom. The second-order valence-electron chi connectivity index (χ2n) is 6.67. The largest absolute Gasteiger partial charge is 0.463 e. The molecule has 1 saturated carbocycles. The molecule has 2 aromatic rings. The van der Waals surface area contributed by atoms with Gasteiger partial charge in [-0.15, -0.1) is 0 Å². The fraction of sp³-hybridized carbons (Fsp3) is 0.588. The number of nitrogens with zero attached hydrogens (tertiary/aromatic N) is 5. The van der Waals surface area contributed by atoms with Gasteiger partial charge in [0.2, 0.25) is 11.7 Å². The zero-order valence-electron chi connectivity index (χ0n) is 14.9. The van der Waals surface area contributed by atoms with Crippen LogP contribution in [0.2, 0.25) is 0 Å². The van der Waals surface area contributed by atoms with E-state index in [0.717, 1.165) is 32.4 Å². The van der Waals surface area contributed by atoms with Crippen molar-refractivity contribution in [3.63, 3.8) is 0 Å². The van der Waals surface area contributed by atoms with Crippen molar-refractivity contribution in [2.75, 3.05) is 25.1 Å². The SMILES string of the molecule is CCn1c(C(=O)OC)nc2c(N(C(=O)C3CC3)C3CCNC3)ncnc21. The average molecular weight is 358 g/mol. The highest BCUT2D eigenvalue weighted by Crippen LogP contribution is 2.35. The van der Waals surface area contributed by atoms with Crippen molar-refractivity contribution in [3.05, 3.63) is 12.2 Å². The van der Waals surface area contributed by atoms with E-state index in [1.807, 2.05) is 6.92 Å². The first-order valence-electron chi connectivity index (χ1n) is 8.99. The van der Waals surface area contributed by atoms with Crippen molar-refractivity contribution < 1.29 is 14.3 Å². The molecule has 1 aliphatic carbocycles. The van der Waals surface area contributed by atoms with E-state index in [-0.39, 0.29) is 23.7 Å². The standard InChI is InChI=1S/C17H22N6O3/c1-3-22-13-12(21-15(22)17(25)26-2)14(20-9-19-13)23(11-6-7-18-8-11)16(24)10-4-5-10/h9-11,18H,3-8H2,1-2H3. The third-order valence-electron chi connectivity index (χ3n) is 4.99. The Balaban J connectivity index is 1.86. The lowest BCUT2D eigenvalue weighted by Gasteiger charge is -2.27. The number of hydrogen-bond acceptors (Lipinski definition) is 7. The number of carbonyl (C=O) groups excluding carboxylic acids is 2. The Morgan fingerprint density at radius 1 is 1.35 bits per heavy atom. The first kappa shape index (κ1) is 16.9. The van der Waals surface area contributed by atoms with Crippen molar-refractivity contribution in [3.8, 4) is 0 Å². The van der Waals surface area contributed by atoms with Crippen molar-refractivity contribution >= 4 is 28.9 Å². The summed E-state index contributed by atoms with van der Waals surface area (Å²) in [6, 6.07) is 0.0366. The lowest BCUT2D eigenvalue weighted by atomic mass is 10.2. The van der Waals surface area contributed by atoms with E-state index in [0.29, 0.717) is 23.5 Å². The molecule has 4 rings (SSSR count). The summed E-state index contributed by atoms with van der Waals surface area (Å²) in [6.07, 6.45) is 4.13. The predicted octanol–water partition coefficient (Wildman–Crippen LogP) is 0.738. The normalized spacial score (nSPS) is 19.7. The van der Waals surface area contributed by atoms with Gasteiger partial charge in [-0.25, -0.2) is 19.7 Å². The zero-order chi connectivity index (χ0) is 18.3. The summed E-state index contributed by atoms with van der Waals surface area (Å²) in [5.74, 6) is 0.282. The first-order chi connectivity index (χ1) is 12.7. The molecule has 9 heteroatoms. The first-order valence-corrected chi connectivity index (χ1v) is 8.99. The van der Waals surface area contributed by atoms with Gasteiger partial charge in [0.25, 0.3) is 0 Å². The van der Waals surface area contributed by atoms with Gasteiger partial charge < -0.3 is 14.6 Å². The highest BCUT2D eigenvalue weighted by atomic mass is 16.5. The number of anilines is 1. The van der Waals surface area contributed by atoms with Crippen LogP contribution >= 0.6 is 0 Å². The van der Waals surface area contributed by atoms with Gasteiger partial charge in [0.1, 0.15) is 6.33 Å². The number of hydrogen-bond donors (Lipinski definition) is 1. The Bertz CT molecular complexity index is 854. The number of nitrogens with one attached hydrogen (secondary N) is 1. The van der Waals surface area contributed by atoms with Crippen LogP contribution in [0.15, 0.2) is 6.33 Å². The fourth-order valence-electron chi connectivity index (χ4n) is 3.49. The molecule has 3 heterocycles. The van der Waals surface area contributed by atoms with Gasteiger partial charge in [0.05, 0.1) is 13.2 Å². The van der Waals surface area contributed by atoms with Crippen molar-refractivity contribution in [1.82, 2.24) is 24.8 Å². The molecular weight excluding hydrogens is 336 g/mol. The van der Waals surface area contributed by atoms with Gasteiger partial charge >= 0.3 is 5.97 Å². The predicted molar refractivity (Wildman–Crippen MR) is 93.8 cm³/mol. The summed E-state index contributed by atoms with van der Waals surface area (Å²) in [6.45, 7) is 4.01. The van der Waals surface area contributed by atoms with E-state index < -0.39 is 5.97 Å². The maximum absolute atomic E-state index is 13.0. The van der Waals surface area contributed by atoms with Gasteiger partial charge in [0.15, 0.2) is 17.0 Å². The quantitative estimate of drug-likeness (QED) is 0.786. The second-order valence-corrected chi connectivity index (χ2v) is 6.67. The molecule has 1 unspecified atom stereocenters. The monoisotopic (exact) mass is 358 g/mol. The summed E-state index contributed by atoms with van der Waals surface area (Å²) < 4.78 is 6.54. The molecule has 2 aliphatic rings. The van der Waals surface area contributed by atoms with Gasteiger partial charge in [-0.1, -0.05) is 0 Å². The summed E-state index contributed by atoms with van der Waals surface area (Å²) in [5, 5.41) is 3.30. The number of ether oxygens (including phenoxy) is 1. The summed E-state index contributed by atoms with van der Waals surface area (Å²) in [5.41, 5.74) is 1.01. The molecule has 2 fully saturated rings. The summed E-state index contributed by atoms with van der Waals surface area (Å²) in [4.78, 5) is 40.0. The highest BCUT2D eigenvalue weighted by Gasteiger charge is 2.40. The third kappa shape index (κ3) is 2.72. The molecule has 138 valence electrons. The Labute approximate surface area is 150 Å². The van der Waals surface area contributed by atoms with Gasteiger partial charge in [-0.05, 0) is 32.7 Å². The lowest BCUT2D eigenvalue weighted by molar-refractivity contribution is -0.120. The van der Waals surface area contributed by atoms with Crippen LogP contribution in [0.25, 0.3) is 11.2 Å². The zero-order valence-corrected chi connectivity index (χ0v) is 14.9. The van der Waals surface area contributed by atoms with Gasteiger partial charge in [-0.2, -0.15) is 0 Å². The minimum atomic E-state index is -0.529. The summed E-state index contributed by atoms with van der Waals surface area (Å²) >= 11 is 0. The second kappa shape index (κ2) is 6.64. The van der Waals surface area contributed by atoms with Crippen molar-refractivity contribution in [1.29, 1.82) is 0 Å². The smallest absolute Gasteiger partial charge is 0.374 e. The fourth-order valence-corrected chi connectivity index (χ4v) is 3.49. The number of amides is 1. The van der Waals surface area contributed by atoms with E-state index in [2.05, 4.69) is 20.3 Å². The molecule has 0 radical (unpaired) electrons. The van der Waals surface area contributed by atoms with E-state index >= 15 is 0 Å². The number of fused-ring (bicyclic) bond motifs is 1. The maximum atomic E-state index is 13.0. The minimum Gasteiger partial charge on any atom is -0.463 e. The molecule has 1 amide bonds. The van der Waals surface area contributed by atoms with Gasteiger partial charge in [-0.3, -0.25) is 9.69 Å². The molecule has 9 nitrogen and oxygen atoms in total. The number of aryl methyl sites for hydroxylation is 1. The highest BCUT2D eigenvalue weighted by molar-refractivity contribution is 6.02. The maximum Gasteiger partial charge on any atom is 0.374 e. The van der Waals surface area contributed by atoms with Gasteiger partial charge in [0, 0.05) is 19.0 Å². The van der Waals surface area contributed by atoms with Crippen LogP contribution in [0.1, 0.15) is 36.8 Å². The van der Waals surface area contributed by atoms with E-state index in [1.54, 1.807) is 9.47 Å². The van der Waals surface area contributed by atoms with Crippen LogP contribution in [0.5, 0.6) is 0 Å². The summed E-state index contributed by atoms with van der Waals surface area (Å²) in [7, 11) is 1.32. The van der Waals surface area contributed by atoms with Crippen LogP contribution in [0.4, 0.5) is 5.82 Å². The Kier molecular flexibility index (Phi) is 4.31.